The van der Waals surface area contributed by atoms with Crippen molar-refractivity contribution in [3.63, 3.8) is 0 Å². The van der Waals surface area contributed by atoms with E-state index in [-0.39, 0.29) is 38.2 Å². The summed E-state index contributed by atoms with van der Waals surface area (Å²) >= 11 is 0. The van der Waals surface area contributed by atoms with E-state index in [2.05, 4.69) is 5.32 Å². The second-order valence-electron chi connectivity index (χ2n) is 9.32. The molecule has 1 fully saturated rings. The highest BCUT2D eigenvalue weighted by Gasteiger charge is 2.41. The van der Waals surface area contributed by atoms with Crippen LogP contribution in [-0.2, 0) is 17.5 Å². The number of carbonyl (C=O) groups excluding carboxylic acids is 2. The monoisotopic (exact) mass is 510 g/mol. The fourth-order valence-corrected chi connectivity index (χ4v) is 4.77. The Balaban J connectivity index is 1.38. The van der Waals surface area contributed by atoms with Crippen molar-refractivity contribution in [3.05, 3.63) is 94.5 Å². The van der Waals surface area contributed by atoms with Crippen molar-refractivity contribution in [2.75, 3.05) is 19.9 Å². The number of amides is 2. The van der Waals surface area contributed by atoms with Gasteiger partial charge in [-0.05, 0) is 48.4 Å². The average molecular weight is 511 g/mol. The molecule has 0 saturated carbocycles. The van der Waals surface area contributed by atoms with E-state index in [9.17, 15) is 22.8 Å². The first-order valence-corrected chi connectivity index (χ1v) is 11.9. The Morgan fingerprint density at radius 1 is 0.973 bits per heavy atom. The van der Waals surface area contributed by atoms with E-state index in [4.69, 9.17) is 9.47 Å². The van der Waals surface area contributed by atoms with Crippen LogP contribution in [0.4, 0.5) is 13.2 Å². The topological polar surface area (TPSA) is 67.9 Å². The van der Waals surface area contributed by atoms with Gasteiger partial charge in [0.1, 0.15) is 0 Å². The van der Waals surface area contributed by atoms with Crippen LogP contribution < -0.4 is 14.8 Å². The predicted molar refractivity (Wildman–Crippen MR) is 129 cm³/mol. The maximum atomic E-state index is 13.4. The second-order valence-corrected chi connectivity index (χ2v) is 9.32. The van der Waals surface area contributed by atoms with E-state index in [0.717, 1.165) is 23.3 Å². The van der Waals surface area contributed by atoms with Crippen LogP contribution in [0.3, 0.4) is 0 Å². The third kappa shape index (κ3) is 5.26. The van der Waals surface area contributed by atoms with Gasteiger partial charge in [0.2, 0.25) is 12.7 Å². The number of benzene rings is 3. The molecule has 1 N–H and O–H groups in total. The zero-order valence-electron chi connectivity index (χ0n) is 20.0. The van der Waals surface area contributed by atoms with Gasteiger partial charge >= 0.3 is 6.18 Å². The number of fused-ring (bicyclic) bond motifs is 1. The number of halogens is 3. The number of carbonyl (C=O) groups is 2. The molecule has 1 saturated heterocycles. The molecule has 0 aromatic heterocycles. The van der Waals surface area contributed by atoms with Crippen molar-refractivity contribution >= 4 is 11.8 Å². The van der Waals surface area contributed by atoms with Crippen molar-refractivity contribution in [1.29, 1.82) is 0 Å². The molecule has 2 aliphatic heterocycles. The molecule has 2 heterocycles. The molecule has 2 aliphatic rings. The molecule has 0 spiro atoms. The molecule has 0 unspecified atom stereocenters. The van der Waals surface area contributed by atoms with Crippen LogP contribution in [0.1, 0.15) is 38.5 Å². The summed E-state index contributed by atoms with van der Waals surface area (Å²) in [6.07, 6.45) is -4.51. The minimum absolute atomic E-state index is 0.0978. The summed E-state index contributed by atoms with van der Waals surface area (Å²) in [4.78, 5) is 28.1. The van der Waals surface area contributed by atoms with E-state index < -0.39 is 23.6 Å². The van der Waals surface area contributed by atoms with Gasteiger partial charge < -0.3 is 19.7 Å². The number of rotatable bonds is 5. The zero-order valence-corrected chi connectivity index (χ0v) is 20.0. The fourth-order valence-electron chi connectivity index (χ4n) is 4.77. The summed E-state index contributed by atoms with van der Waals surface area (Å²) in [7, 11) is 0. The van der Waals surface area contributed by atoms with Crippen LogP contribution in [0, 0.1) is 12.8 Å². The van der Waals surface area contributed by atoms with Gasteiger partial charge in [0.15, 0.2) is 11.5 Å². The minimum Gasteiger partial charge on any atom is -0.454 e. The molecule has 0 bridgehead atoms. The zero-order chi connectivity index (χ0) is 26.2. The van der Waals surface area contributed by atoms with Gasteiger partial charge in [-0.2, -0.15) is 13.2 Å². The number of nitrogens with zero attached hydrogens (tertiary/aromatic N) is 1. The quantitative estimate of drug-likeness (QED) is 0.530. The number of nitrogens with one attached hydrogen (secondary N) is 1. The van der Waals surface area contributed by atoms with E-state index in [0.29, 0.717) is 22.6 Å². The highest BCUT2D eigenvalue weighted by Crippen LogP contribution is 2.37. The Hall–Kier alpha value is -4.01. The molecule has 0 radical (unpaired) electrons. The van der Waals surface area contributed by atoms with Gasteiger partial charge in [0.05, 0.1) is 11.5 Å². The molecule has 2 atom stereocenters. The summed E-state index contributed by atoms with van der Waals surface area (Å²) in [6.45, 7) is 2.48. The van der Waals surface area contributed by atoms with Crippen LogP contribution in [0.25, 0.3) is 0 Å². The van der Waals surface area contributed by atoms with Gasteiger partial charge in [-0.1, -0.05) is 42.0 Å². The fraction of sp³-hybridized carbons (Fsp3) is 0.286. The molecule has 3 aromatic rings. The lowest BCUT2D eigenvalue weighted by atomic mass is 9.87. The number of hydrogen-bond donors (Lipinski definition) is 1. The van der Waals surface area contributed by atoms with E-state index in [1.807, 2.05) is 19.1 Å². The second kappa shape index (κ2) is 9.80. The van der Waals surface area contributed by atoms with E-state index >= 15 is 0 Å². The van der Waals surface area contributed by atoms with E-state index in [1.165, 1.54) is 6.07 Å². The summed E-state index contributed by atoms with van der Waals surface area (Å²) in [5.74, 6) is -0.687. The molecule has 9 heteroatoms. The molecule has 192 valence electrons. The molecule has 2 amide bonds. The largest absolute Gasteiger partial charge is 0.454 e. The number of aryl methyl sites for hydroxylation is 1. The number of alkyl halides is 3. The first kappa shape index (κ1) is 24.7. The maximum Gasteiger partial charge on any atom is 0.416 e. The van der Waals surface area contributed by atoms with Crippen LogP contribution in [0.15, 0.2) is 66.7 Å². The van der Waals surface area contributed by atoms with Gasteiger partial charge in [0, 0.05) is 31.1 Å². The maximum absolute atomic E-state index is 13.4. The lowest BCUT2D eigenvalue weighted by molar-refractivity contribution is -0.137. The van der Waals surface area contributed by atoms with Crippen LogP contribution in [0.2, 0.25) is 0 Å². The van der Waals surface area contributed by atoms with Gasteiger partial charge in [-0.3, -0.25) is 9.59 Å². The Labute approximate surface area is 212 Å². The minimum atomic E-state index is -4.51. The van der Waals surface area contributed by atoms with Crippen molar-refractivity contribution in [2.24, 2.45) is 5.92 Å². The number of ether oxygens (including phenoxy) is 2. The Bertz CT molecular complexity index is 1320. The third-order valence-corrected chi connectivity index (χ3v) is 6.79. The lowest BCUT2D eigenvalue weighted by Gasteiger charge is -2.19. The van der Waals surface area contributed by atoms with Crippen LogP contribution in [0.5, 0.6) is 11.5 Å². The van der Waals surface area contributed by atoms with Gasteiger partial charge in [0.25, 0.3) is 5.91 Å². The molecular formula is C28H25F3N2O4. The Morgan fingerprint density at radius 3 is 2.49 bits per heavy atom. The molecule has 6 nitrogen and oxygen atoms in total. The number of likely N-dealkylation sites (tertiary alicyclic amines) is 1. The Morgan fingerprint density at radius 2 is 1.73 bits per heavy atom. The van der Waals surface area contributed by atoms with Gasteiger partial charge in [-0.15, -0.1) is 0 Å². The summed E-state index contributed by atoms with van der Waals surface area (Å²) < 4.78 is 50.9. The molecule has 37 heavy (non-hydrogen) atoms. The smallest absolute Gasteiger partial charge is 0.416 e. The summed E-state index contributed by atoms with van der Waals surface area (Å²) in [5, 5.41) is 2.89. The van der Waals surface area contributed by atoms with Crippen molar-refractivity contribution in [3.8, 4) is 11.5 Å². The highest BCUT2D eigenvalue weighted by atomic mass is 19.4. The molecular weight excluding hydrogens is 485 g/mol. The summed E-state index contributed by atoms with van der Waals surface area (Å²) in [6, 6.07) is 17.4. The van der Waals surface area contributed by atoms with Crippen molar-refractivity contribution in [2.45, 2.75) is 25.6 Å². The average Bonchev–Trinajstić information content (AvgIpc) is 3.54. The summed E-state index contributed by atoms with van der Waals surface area (Å²) in [5.41, 5.74) is 1.85. The van der Waals surface area contributed by atoms with Crippen LogP contribution in [-0.4, -0.2) is 36.6 Å². The van der Waals surface area contributed by atoms with Crippen molar-refractivity contribution < 1.29 is 32.2 Å². The SMILES string of the molecule is Cc1ccc(C(=O)N2C[C@H](c3cccc(C(F)(F)F)c3)[C@H](C(=O)NCc3ccc4c(c3)OCO4)C2)cc1. The first-order valence-electron chi connectivity index (χ1n) is 11.9. The molecule has 0 aliphatic carbocycles. The van der Waals surface area contributed by atoms with Crippen LogP contribution >= 0.6 is 0 Å². The third-order valence-electron chi connectivity index (χ3n) is 6.79. The predicted octanol–water partition coefficient (Wildman–Crippen LogP) is 4.91. The molecule has 3 aromatic carbocycles. The Kier molecular flexibility index (Phi) is 6.54. The molecule has 5 rings (SSSR count). The lowest BCUT2D eigenvalue weighted by Crippen LogP contribution is -2.35. The van der Waals surface area contributed by atoms with Crippen molar-refractivity contribution in [1.82, 2.24) is 10.2 Å². The standard InChI is InChI=1S/C28H25F3N2O4/c1-17-5-8-19(9-6-17)27(35)33-14-22(20-3-2-4-21(12-20)28(29,30)31)23(15-33)26(34)32-13-18-7-10-24-25(11-18)37-16-36-24/h2-12,22-23H,13-16H2,1H3,(H,32,34)/t22-,23-/m1/s1. The van der Waals surface area contributed by atoms with Gasteiger partial charge in [-0.25, -0.2) is 0 Å². The number of hydrogen-bond acceptors (Lipinski definition) is 4. The normalized spacial score (nSPS) is 18.6. The highest BCUT2D eigenvalue weighted by molar-refractivity contribution is 5.95. The van der Waals surface area contributed by atoms with E-state index in [1.54, 1.807) is 41.3 Å². The first-order chi connectivity index (χ1) is 17.7.